The van der Waals surface area contributed by atoms with E-state index >= 15 is 0 Å². The van der Waals surface area contributed by atoms with E-state index in [4.69, 9.17) is 9.47 Å². The van der Waals surface area contributed by atoms with Gasteiger partial charge in [-0.25, -0.2) is 0 Å². The minimum absolute atomic E-state index is 0.446. The molecule has 2 aromatic rings. The molecule has 0 saturated heterocycles. The van der Waals surface area contributed by atoms with Gasteiger partial charge in [0.25, 0.3) is 0 Å². The second kappa shape index (κ2) is 5.41. The van der Waals surface area contributed by atoms with Gasteiger partial charge >= 0.3 is 0 Å². The third kappa shape index (κ3) is 2.38. The molecule has 1 atom stereocenters. The number of benzene rings is 2. The molecular formula is C18H19NO2. The molecule has 3 heteroatoms. The maximum Gasteiger partial charge on any atom is 0.165 e. The Hall–Kier alpha value is -2.00. The van der Waals surface area contributed by atoms with Crippen LogP contribution >= 0.6 is 0 Å². The molecule has 0 radical (unpaired) electrons. The van der Waals surface area contributed by atoms with Crippen LogP contribution in [0.4, 0.5) is 0 Å². The van der Waals surface area contributed by atoms with Gasteiger partial charge in [-0.05, 0) is 30.0 Å². The zero-order valence-electron chi connectivity index (χ0n) is 12.0. The average molecular weight is 281 g/mol. The van der Waals surface area contributed by atoms with Crippen LogP contribution in [0.2, 0.25) is 0 Å². The number of hydrogen-bond acceptors (Lipinski definition) is 3. The van der Waals surface area contributed by atoms with Crippen LogP contribution < -0.4 is 14.8 Å². The SMILES string of the molecule is c1ccc2c(c1)CC[C@@H]2NCc1cccc2c1OCCO2. The highest BCUT2D eigenvalue weighted by Crippen LogP contribution is 2.35. The zero-order chi connectivity index (χ0) is 14.1. The molecule has 0 aromatic heterocycles. The highest BCUT2D eigenvalue weighted by atomic mass is 16.6. The average Bonchev–Trinajstić information content (AvgIpc) is 2.96. The van der Waals surface area contributed by atoms with Crippen molar-refractivity contribution in [2.45, 2.75) is 25.4 Å². The van der Waals surface area contributed by atoms with Crippen molar-refractivity contribution >= 4 is 0 Å². The van der Waals surface area contributed by atoms with Gasteiger partial charge in [0.1, 0.15) is 13.2 Å². The normalized spacial score (nSPS) is 19.3. The standard InChI is InChI=1S/C18H19NO2/c1-2-6-15-13(4-1)8-9-16(15)19-12-14-5-3-7-17-18(14)21-11-10-20-17/h1-7,16,19H,8-12H2/t16-/m0/s1. The highest BCUT2D eigenvalue weighted by molar-refractivity contribution is 5.47. The monoisotopic (exact) mass is 281 g/mol. The molecule has 108 valence electrons. The molecule has 0 amide bonds. The number of fused-ring (bicyclic) bond motifs is 2. The molecule has 3 nitrogen and oxygen atoms in total. The van der Waals surface area contributed by atoms with Crippen LogP contribution in [0.15, 0.2) is 42.5 Å². The molecule has 0 fully saturated rings. The third-order valence-electron chi connectivity index (χ3n) is 4.32. The quantitative estimate of drug-likeness (QED) is 0.937. The minimum atomic E-state index is 0.446. The fourth-order valence-electron chi connectivity index (χ4n) is 3.28. The molecule has 1 heterocycles. The number of aryl methyl sites for hydroxylation is 1. The van der Waals surface area contributed by atoms with Crippen LogP contribution in [-0.2, 0) is 13.0 Å². The highest BCUT2D eigenvalue weighted by Gasteiger charge is 2.22. The molecule has 4 rings (SSSR count). The first-order valence-corrected chi connectivity index (χ1v) is 7.60. The Morgan fingerprint density at radius 2 is 1.90 bits per heavy atom. The molecule has 2 aliphatic rings. The van der Waals surface area contributed by atoms with Crippen LogP contribution in [0.5, 0.6) is 11.5 Å². The first-order valence-electron chi connectivity index (χ1n) is 7.60. The lowest BCUT2D eigenvalue weighted by molar-refractivity contribution is 0.169. The Labute approximate surface area is 124 Å². The third-order valence-corrected chi connectivity index (χ3v) is 4.32. The van der Waals surface area contributed by atoms with Gasteiger partial charge in [0.15, 0.2) is 11.5 Å². The smallest absolute Gasteiger partial charge is 0.165 e. The van der Waals surface area contributed by atoms with E-state index in [2.05, 4.69) is 35.6 Å². The van der Waals surface area contributed by atoms with Crippen molar-refractivity contribution in [1.29, 1.82) is 0 Å². The Balaban J connectivity index is 1.51. The van der Waals surface area contributed by atoms with Gasteiger partial charge in [-0.2, -0.15) is 0 Å². The predicted molar refractivity (Wildman–Crippen MR) is 81.8 cm³/mol. The van der Waals surface area contributed by atoms with Crippen LogP contribution in [0.1, 0.15) is 29.2 Å². The summed E-state index contributed by atoms with van der Waals surface area (Å²) in [6.07, 6.45) is 2.34. The lowest BCUT2D eigenvalue weighted by Crippen LogP contribution is -2.21. The van der Waals surface area contributed by atoms with Gasteiger partial charge < -0.3 is 14.8 Å². The number of hydrogen-bond donors (Lipinski definition) is 1. The summed E-state index contributed by atoms with van der Waals surface area (Å²) in [7, 11) is 0. The molecule has 1 N–H and O–H groups in total. The molecule has 1 aliphatic carbocycles. The van der Waals surface area contributed by atoms with E-state index in [-0.39, 0.29) is 0 Å². The Kier molecular flexibility index (Phi) is 3.28. The van der Waals surface area contributed by atoms with Gasteiger partial charge in [0.2, 0.25) is 0 Å². The van der Waals surface area contributed by atoms with Gasteiger partial charge in [-0.1, -0.05) is 36.4 Å². The molecule has 2 aromatic carbocycles. The largest absolute Gasteiger partial charge is 0.486 e. The van der Waals surface area contributed by atoms with Gasteiger partial charge in [0.05, 0.1) is 0 Å². The zero-order valence-corrected chi connectivity index (χ0v) is 12.0. The lowest BCUT2D eigenvalue weighted by Gasteiger charge is -2.22. The Morgan fingerprint density at radius 3 is 2.90 bits per heavy atom. The maximum absolute atomic E-state index is 5.77. The Morgan fingerprint density at radius 1 is 1.00 bits per heavy atom. The second-order valence-electron chi connectivity index (χ2n) is 5.61. The van der Waals surface area contributed by atoms with E-state index in [0.717, 1.165) is 18.0 Å². The first kappa shape index (κ1) is 12.7. The van der Waals surface area contributed by atoms with E-state index in [1.807, 2.05) is 12.1 Å². The first-order chi connectivity index (χ1) is 10.4. The molecule has 0 unspecified atom stereocenters. The van der Waals surface area contributed by atoms with Gasteiger partial charge in [-0.15, -0.1) is 0 Å². The lowest BCUT2D eigenvalue weighted by atomic mass is 10.1. The van der Waals surface area contributed by atoms with Crippen molar-refractivity contribution in [1.82, 2.24) is 5.32 Å². The fourth-order valence-corrected chi connectivity index (χ4v) is 3.28. The maximum atomic E-state index is 5.77. The minimum Gasteiger partial charge on any atom is -0.486 e. The van der Waals surface area contributed by atoms with E-state index in [9.17, 15) is 0 Å². The molecular weight excluding hydrogens is 262 g/mol. The van der Waals surface area contributed by atoms with E-state index in [0.29, 0.717) is 19.3 Å². The summed E-state index contributed by atoms with van der Waals surface area (Å²) in [6, 6.07) is 15.3. The van der Waals surface area contributed by atoms with Crippen molar-refractivity contribution in [3.8, 4) is 11.5 Å². The Bertz CT molecular complexity index is 653. The number of nitrogens with one attached hydrogen (secondary N) is 1. The van der Waals surface area contributed by atoms with Crippen molar-refractivity contribution < 1.29 is 9.47 Å². The van der Waals surface area contributed by atoms with Gasteiger partial charge in [0, 0.05) is 18.2 Å². The summed E-state index contributed by atoms with van der Waals surface area (Å²) in [5.41, 5.74) is 4.10. The van der Waals surface area contributed by atoms with Crippen LogP contribution in [-0.4, -0.2) is 13.2 Å². The summed E-state index contributed by atoms with van der Waals surface area (Å²) in [5.74, 6) is 1.77. The summed E-state index contributed by atoms with van der Waals surface area (Å²) >= 11 is 0. The molecule has 0 bridgehead atoms. The molecule has 21 heavy (non-hydrogen) atoms. The van der Waals surface area contributed by atoms with Crippen molar-refractivity contribution in [3.63, 3.8) is 0 Å². The summed E-state index contributed by atoms with van der Waals surface area (Å²) in [6.45, 7) is 2.09. The summed E-state index contributed by atoms with van der Waals surface area (Å²) in [5, 5.41) is 3.67. The molecule has 0 saturated carbocycles. The summed E-state index contributed by atoms with van der Waals surface area (Å²) < 4.78 is 11.4. The number of ether oxygens (including phenoxy) is 2. The van der Waals surface area contributed by atoms with E-state index < -0.39 is 0 Å². The van der Waals surface area contributed by atoms with E-state index in [1.165, 1.54) is 29.5 Å². The summed E-state index contributed by atoms with van der Waals surface area (Å²) in [4.78, 5) is 0. The van der Waals surface area contributed by atoms with Crippen LogP contribution in [0.3, 0.4) is 0 Å². The van der Waals surface area contributed by atoms with Gasteiger partial charge in [-0.3, -0.25) is 0 Å². The fraction of sp³-hybridized carbons (Fsp3) is 0.333. The molecule has 1 aliphatic heterocycles. The van der Waals surface area contributed by atoms with Crippen LogP contribution in [0, 0.1) is 0 Å². The van der Waals surface area contributed by atoms with Crippen molar-refractivity contribution in [3.05, 3.63) is 59.2 Å². The predicted octanol–water partition coefficient (Wildman–Crippen LogP) is 3.23. The van der Waals surface area contributed by atoms with E-state index in [1.54, 1.807) is 0 Å². The van der Waals surface area contributed by atoms with Crippen LogP contribution in [0.25, 0.3) is 0 Å². The molecule has 0 spiro atoms. The van der Waals surface area contributed by atoms with Crippen molar-refractivity contribution in [2.75, 3.05) is 13.2 Å². The second-order valence-corrected chi connectivity index (χ2v) is 5.61. The number of para-hydroxylation sites is 1. The number of rotatable bonds is 3. The topological polar surface area (TPSA) is 30.5 Å². The van der Waals surface area contributed by atoms with Crippen molar-refractivity contribution in [2.24, 2.45) is 0 Å².